The Balaban J connectivity index is 2.03. The van der Waals surface area contributed by atoms with Gasteiger partial charge in [0.25, 0.3) is 0 Å². The average Bonchev–Trinajstić information content (AvgIpc) is 3.40. The van der Waals surface area contributed by atoms with Crippen molar-refractivity contribution in [3.05, 3.63) is 47.9 Å². The lowest BCUT2D eigenvalue weighted by molar-refractivity contribution is -0.326. The number of nitrogens with zero attached hydrogens (tertiary/aromatic N) is 6. The molecule has 0 aliphatic rings. The van der Waals surface area contributed by atoms with Crippen LogP contribution in [0.5, 0.6) is 0 Å². The molecule has 8 nitrogen and oxygen atoms in total. The molecular weight excluding hydrogens is 423 g/mol. The first-order valence-electron chi connectivity index (χ1n) is 10.6. The third kappa shape index (κ3) is 5.92. The number of aryl methyl sites for hydroxylation is 2. The summed E-state index contributed by atoms with van der Waals surface area (Å²) < 4.78 is 45.6. The summed E-state index contributed by atoms with van der Waals surface area (Å²) in [6.45, 7) is 3.97. The van der Waals surface area contributed by atoms with E-state index in [-0.39, 0.29) is 0 Å². The van der Waals surface area contributed by atoms with E-state index < -0.39 is 25.1 Å². The van der Waals surface area contributed by atoms with Crippen LogP contribution in [0.4, 0.5) is 13.2 Å². The molecule has 0 spiro atoms. The van der Waals surface area contributed by atoms with Gasteiger partial charge in [0.2, 0.25) is 0 Å². The van der Waals surface area contributed by atoms with Crippen molar-refractivity contribution < 1.29 is 17.9 Å². The van der Waals surface area contributed by atoms with Crippen molar-refractivity contribution in [2.45, 2.75) is 58.1 Å². The van der Waals surface area contributed by atoms with Crippen LogP contribution in [0.3, 0.4) is 0 Å². The number of aromatic nitrogens is 6. The second-order valence-corrected chi connectivity index (χ2v) is 7.50. The molecule has 0 radical (unpaired) electrons. The van der Waals surface area contributed by atoms with Gasteiger partial charge >= 0.3 is 6.36 Å². The molecule has 0 amide bonds. The van der Waals surface area contributed by atoms with E-state index in [4.69, 9.17) is 0 Å². The zero-order valence-corrected chi connectivity index (χ0v) is 18.4. The highest BCUT2D eigenvalue weighted by Gasteiger charge is 2.32. The summed E-state index contributed by atoms with van der Waals surface area (Å²) in [4.78, 5) is 0. The zero-order valence-electron chi connectivity index (χ0n) is 18.4. The number of tetrazole rings is 1. The maximum atomic E-state index is 12.7. The Bertz CT molecular complexity index is 986. The first-order valence-corrected chi connectivity index (χ1v) is 10.6. The Hall–Kier alpha value is -2.79. The maximum absolute atomic E-state index is 12.7. The van der Waals surface area contributed by atoms with E-state index in [1.54, 1.807) is 15.6 Å². The molecule has 11 heteroatoms. The Morgan fingerprint density at radius 3 is 2.59 bits per heavy atom. The van der Waals surface area contributed by atoms with E-state index in [2.05, 4.69) is 37.6 Å². The topological polar surface area (TPSA) is 82.7 Å². The molecule has 174 valence electrons. The van der Waals surface area contributed by atoms with Gasteiger partial charge in [-0.2, -0.15) is 5.10 Å². The van der Waals surface area contributed by atoms with Gasteiger partial charge in [0.1, 0.15) is 0 Å². The van der Waals surface area contributed by atoms with Crippen molar-refractivity contribution in [3.63, 3.8) is 0 Å². The highest BCUT2D eigenvalue weighted by molar-refractivity contribution is 5.65. The highest BCUT2D eigenvalue weighted by atomic mass is 19.4. The summed E-state index contributed by atoms with van der Waals surface area (Å²) in [5.74, 6) is 0.540. The van der Waals surface area contributed by atoms with Crippen molar-refractivity contribution in [2.24, 2.45) is 7.05 Å². The van der Waals surface area contributed by atoms with Crippen LogP contribution in [0.1, 0.15) is 50.5 Å². The number of unbranched alkanes of at least 4 members (excludes halogenated alkanes) is 1. The smallest absolute Gasteiger partial charge is 0.298 e. The number of nitrogens with one attached hydrogen (secondary N) is 1. The molecule has 3 aromatic rings. The van der Waals surface area contributed by atoms with Crippen LogP contribution >= 0.6 is 0 Å². The van der Waals surface area contributed by atoms with E-state index >= 15 is 0 Å². The molecule has 0 aliphatic carbocycles. The van der Waals surface area contributed by atoms with E-state index in [0.29, 0.717) is 18.8 Å². The lowest BCUT2D eigenvalue weighted by atomic mass is 9.96. The third-order valence-electron chi connectivity index (χ3n) is 5.25. The first-order chi connectivity index (χ1) is 15.3. The number of rotatable bonds is 11. The summed E-state index contributed by atoms with van der Waals surface area (Å²) in [5, 5.41) is 19.8. The molecule has 0 aliphatic heterocycles. The van der Waals surface area contributed by atoms with E-state index in [1.165, 1.54) is 0 Å². The Labute approximate surface area is 184 Å². The molecule has 0 saturated carbocycles. The molecule has 32 heavy (non-hydrogen) atoms. The zero-order chi connectivity index (χ0) is 23.1. The molecule has 1 N–H and O–H groups in total. The number of benzene rings is 1. The fourth-order valence-electron chi connectivity index (χ4n) is 3.52. The predicted molar refractivity (Wildman–Crippen MR) is 112 cm³/mol. The van der Waals surface area contributed by atoms with Crippen LogP contribution in [0.25, 0.3) is 11.3 Å². The van der Waals surface area contributed by atoms with Crippen molar-refractivity contribution in [1.82, 2.24) is 35.3 Å². The minimum absolute atomic E-state index is 0.428. The van der Waals surface area contributed by atoms with E-state index in [0.717, 1.165) is 29.7 Å². The lowest BCUT2D eigenvalue weighted by Gasteiger charge is -2.26. The van der Waals surface area contributed by atoms with Gasteiger partial charge in [-0.05, 0) is 34.9 Å². The van der Waals surface area contributed by atoms with Crippen LogP contribution in [0, 0.1) is 0 Å². The quantitative estimate of drug-likeness (QED) is 0.477. The van der Waals surface area contributed by atoms with Crippen LogP contribution in [0.2, 0.25) is 0 Å². The summed E-state index contributed by atoms with van der Waals surface area (Å²) in [5.41, 5.74) is 2.61. The fraction of sp³-hybridized carbons (Fsp3) is 0.524. The number of hydrogen-bond acceptors (Lipinski definition) is 6. The molecule has 1 unspecified atom stereocenters. The molecule has 3 rings (SSSR count). The van der Waals surface area contributed by atoms with Crippen molar-refractivity contribution >= 4 is 0 Å². The first kappa shape index (κ1) is 23.9. The van der Waals surface area contributed by atoms with Crippen molar-refractivity contribution in [1.29, 1.82) is 0 Å². The highest BCUT2D eigenvalue weighted by Crippen LogP contribution is 2.31. The standard InChI is InChI=1S/C21H28F3N7O/c1-4-6-13-31-20(27-28-29-31)19(26-15(5-2)14-32-21(22,23)24)17-10-8-7-9-16(17)18-11-12-25-30(18)3/h7-12,15,19,26H,4-6,13-14H2,1-3H3/t15-,19?/m1/s1. The summed E-state index contributed by atoms with van der Waals surface area (Å²) in [6, 6.07) is 8.45. The number of ether oxygens (including phenoxy) is 1. The molecule has 2 atom stereocenters. The molecule has 1 aromatic carbocycles. The van der Waals surface area contributed by atoms with Gasteiger partial charge < -0.3 is 0 Å². The van der Waals surface area contributed by atoms with Gasteiger partial charge in [0, 0.05) is 31.4 Å². The summed E-state index contributed by atoms with van der Waals surface area (Å²) in [7, 11) is 1.84. The predicted octanol–water partition coefficient (Wildman–Crippen LogP) is 3.87. The third-order valence-corrected chi connectivity index (χ3v) is 5.25. The number of alkyl halides is 3. The number of halogens is 3. The lowest BCUT2D eigenvalue weighted by Crippen LogP contribution is -2.39. The maximum Gasteiger partial charge on any atom is 0.522 e. The molecule has 2 aromatic heterocycles. The van der Waals surface area contributed by atoms with Crippen molar-refractivity contribution in [2.75, 3.05) is 6.61 Å². The molecule has 2 heterocycles. The SMILES string of the molecule is CCCCn1nnnc1C(N[C@H](CC)COC(F)(F)F)c1ccccc1-c1ccnn1C. The summed E-state index contributed by atoms with van der Waals surface area (Å²) in [6.07, 6.45) is -0.731. The van der Waals surface area contributed by atoms with Gasteiger partial charge in [-0.15, -0.1) is 18.3 Å². The minimum atomic E-state index is -4.69. The second kappa shape index (κ2) is 10.7. The van der Waals surface area contributed by atoms with Gasteiger partial charge in [-0.25, -0.2) is 4.68 Å². The molecule has 0 fully saturated rings. The van der Waals surface area contributed by atoms with Crippen LogP contribution in [0.15, 0.2) is 36.5 Å². The van der Waals surface area contributed by atoms with Crippen LogP contribution in [-0.2, 0) is 18.3 Å². The Morgan fingerprint density at radius 1 is 1.16 bits per heavy atom. The number of hydrogen-bond donors (Lipinski definition) is 1. The fourth-order valence-corrected chi connectivity index (χ4v) is 3.52. The van der Waals surface area contributed by atoms with Gasteiger partial charge in [0.05, 0.1) is 18.3 Å². The van der Waals surface area contributed by atoms with Crippen LogP contribution < -0.4 is 5.32 Å². The molecule has 0 bridgehead atoms. The molecular formula is C21H28F3N7O. The summed E-state index contributed by atoms with van der Waals surface area (Å²) >= 11 is 0. The largest absolute Gasteiger partial charge is 0.522 e. The average molecular weight is 451 g/mol. The normalized spacial score (nSPS) is 13.9. The second-order valence-electron chi connectivity index (χ2n) is 7.50. The minimum Gasteiger partial charge on any atom is -0.298 e. The van der Waals surface area contributed by atoms with Gasteiger partial charge in [0.15, 0.2) is 5.82 Å². The van der Waals surface area contributed by atoms with Crippen LogP contribution in [-0.4, -0.2) is 49.0 Å². The Kier molecular flexibility index (Phi) is 7.97. The van der Waals surface area contributed by atoms with Crippen molar-refractivity contribution in [3.8, 4) is 11.3 Å². The van der Waals surface area contributed by atoms with E-state index in [9.17, 15) is 13.2 Å². The monoisotopic (exact) mass is 451 g/mol. The Morgan fingerprint density at radius 2 is 1.94 bits per heavy atom. The van der Waals surface area contributed by atoms with E-state index in [1.807, 2.05) is 44.3 Å². The van der Waals surface area contributed by atoms with Gasteiger partial charge in [-0.3, -0.25) is 14.7 Å². The molecule has 0 saturated heterocycles. The van der Waals surface area contributed by atoms with Gasteiger partial charge in [-0.1, -0.05) is 44.5 Å².